The van der Waals surface area contributed by atoms with Crippen LogP contribution in [-0.2, 0) is 11.3 Å². The van der Waals surface area contributed by atoms with E-state index < -0.39 is 0 Å². The SMILES string of the molecule is CCNC(=NCc1nc(-c2cccc(Cl)c2)no1)NCCNC(=O)C1CC1. The summed E-state index contributed by atoms with van der Waals surface area (Å²) in [4.78, 5) is 20.4. The fraction of sp³-hybridized carbons (Fsp3) is 0.444. The number of aromatic nitrogens is 2. The third-order valence-corrected chi connectivity index (χ3v) is 4.17. The van der Waals surface area contributed by atoms with E-state index in [0.717, 1.165) is 24.9 Å². The number of rotatable bonds is 8. The van der Waals surface area contributed by atoms with Gasteiger partial charge in [-0.2, -0.15) is 4.98 Å². The Hall–Kier alpha value is -2.61. The molecule has 1 saturated carbocycles. The lowest BCUT2D eigenvalue weighted by atomic mass is 10.2. The van der Waals surface area contributed by atoms with E-state index >= 15 is 0 Å². The number of hydrogen-bond donors (Lipinski definition) is 3. The van der Waals surface area contributed by atoms with Crippen LogP contribution in [0.4, 0.5) is 0 Å². The Morgan fingerprint density at radius 2 is 2.11 bits per heavy atom. The van der Waals surface area contributed by atoms with Gasteiger partial charge in [0.1, 0.15) is 6.54 Å². The van der Waals surface area contributed by atoms with Crippen molar-refractivity contribution in [3.63, 3.8) is 0 Å². The van der Waals surface area contributed by atoms with Gasteiger partial charge in [-0.25, -0.2) is 4.99 Å². The van der Waals surface area contributed by atoms with Gasteiger partial charge in [0.25, 0.3) is 0 Å². The van der Waals surface area contributed by atoms with Gasteiger partial charge in [0.2, 0.25) is 17.6 Å². The number of nitrogens with one attached hydrogen (secondary N) is 3. The Morgan fingerprint density at radius 1 is 1.30 bits per heavy atom. The molecule has 9 heteroatoms. The summed E-state index contributed by atoms with van der Waals surface area (Å²) in [5.74, 6) is 1.87. The molecule has 1 fully saturated rings. The molecule has 0 unspecified atom stereocenters. The predicted molar refractivity (Wildman–Crippen MR) is 103 cm³/mol. The first-order chi connectivity index (χ1) is 13.2. The smallest absolute Gasteiger partial charge is 0.248 e. The van der Waals surface area contributed by atoms with E-state index in [9.17, 15) is 4.79 Å². The maximum Gasteiger partial charge on any atom is 0.248 e. The number of halogens is 1. The fourth-order valence-corrected chi connectivity index (χ4v) is 2.60. The summed E-state index contributed by atoms with van der Waals surface area (Å²) in [6.45, 7) is 4.09. The molecule has 0 atom stereocenters. The summed E-state index contributed by atoms with van der Waals surface area (Å²) in [5.41, 5.74) is 0.790. The van der Waals surface area contributed by atoms with Crippen molar-refractivity contribution in [2.75, 3.05) is 19.6 Å². The summed E-state index contributed by atoms with van der Waals surface area (Å²) in [7, 11) is 0. The summed E-state index contributed by atoms with van der Waals surface area (Å²) in [6.07, 6.45) is 2.01. The van der Waals surface area contributed by atoms with E-state index in [0.29, 0.717) is 35.8 Å². The molecule has 0 spiro atoms. The van der Waals surface area contributed by atoms with Gasteiger partial charge in [0.15, 0.2) is 5.96 Å². The minimum absolute atomic E-state index is 0.137. The van der Waals surface area contributed by atoms with Gasteiger partial charge in [0.05, 0.1) is 0 Å². The molecule has 0 saturated heterocycles. The molecule has 27 heavy (non-hydrogen) atoms. The van der Waals surface area contributed by atoms with Gasteiger partial charge in [-0.05, 0) is 31.9 Å². The Bertz CT molecular complexity index is 803. The second-order valence-corrected chi connectivity index (χ2v) is 6.65. The average molecular weight is 391 g/mol. The van der Waals surface area contributed by atoms with Crippen LogP contribution in [-0.4, -0.2) is 41.6 Å². The topological polar surface area (TPSA) is 104 Å². The number of benzene rings is 1. The molecule has 1 aliphatic carbocycles. The highest BCUT2D eigenvalue weighted by atomic mass is 35.5. The fourth-order valence-electron chi connectivity index (χ4n) is 2.41. The molecule has 1 aromatic carbocycles. The van der Waals surface area contributed by atoms with Crippen LogP contribution in [0.3, 0.4) is 0 Å². The lowest BCUT2D eigenvalue weighted by Gasteiger charge is -2.11. The zero-order valence-electron chi connectivity index (χ0n) is 15.2. The highest BCUT2D eigenvalue weighted by Gasteiger charge is 2.28. The third-order valence-electron chi connectivity index (χ3n) is 3.93. The van der Waals surface area contributed by atoms with Crippen molar-refractivity contribution >= 4 is 23.5 Å². The van der Waals surface area contributed by atoms with Crippen molar-refractivity contribution in [1.29, 1.82) is 0 Å². The van der Waals surface area contributed by atoms with E-state index in [-0.39, 0.29) is 18.4 Å². The van der Waals surface area contributed by atoms with E-state index in [1.165, 1.54) is 0 Å². The van der Waals surface area contributed by atoms with Crippen molar-refractivity contribution in [2.24, 2.45) is 10.9 Å². The lowest BCUT2D eigenvalue weighted by Crippen LogP contribution is -2.41. The molecule has 3 rings (SSSR count). The second kappa shape index (κ2) is 9.36. The molecule has 8 nitrogen and oxygen atoms in total. The second-order valence-electron chi connectivity index (χ2n) is 6.21. The minimum atomic E-state index is 0.137. The van der Waals surface area contributed by atoms with E-state index in [4.69, 9.17) is 16.1 Å². The van der Waals surface area contributed by atoms with Crippen molar-refractivity contribution < 1.29 is 9.32 Å². The Labute approximate surface area is 162 Å². The number of carbonyl (C=O) groups excluding carboxylic acids is 1. The molecular weight excluding hydrogens is 368 g/mol. The molecule has 1 aliphatic rings. The minimum Gasteiger partial charge on any atom is -0.357 e. The summed E-state index contributed by atoms with van der Waals surface area (Å²) >= 11 is 5.99. The van der Waals surface area contributed by atoms with Crippen LogP contribution in [0, 0.1) is 5.92 Å². The first kappa shape index (κ1) is 19.2. The summed E-state index contributed by atoms with van der Waals surface area (Å²) < 4.78 is 5.25. The maximum absolute atomic E-state index is 11.6. The third kappa shape index (κ3) is 5.96. The van der Waals surface area contributed by atoms with Gasteiger partial charge in [-0.3, -0.25) is 4.79 Å². The molecule has 0 aliphatic heterocycles. The van der Waals surface area contributed by atoms with Gasteiger partial charge < -0.3 is 20.5 Å². The monoisotopic (exact) mass is 390 g/mol. The van der Waals surface area contributed by atoms with Crippen molar-refractivity contribution in [3.05, 3.63) is 35.2 Å². The van der Waals surface area contributed by atoms with E-state index in [2.05, 4.69) is 31.1 Å². The van der Waals surface area contributed by atoms with Gasteiger partial charge in [-0.15, -0.1) is 0 Å². The van der Waals surface area contributed by atoms with Crippen LogP contribution >= 0.6 is 11.6 Å². The first-order valence-corrected chi connectivity index (χ1v) is 9.42. The quantitative estimate of drug-likeness (QED) is 0.361. The van der Waals surface area contributed by atoms with Crippen molar-refractivity contribution in [1.82, 2.24) is 26.1 Å². The average Bonchev–Trinajstić information content (AvgIpc) is 3.41. The largest absolute Gasteiger partial charge is 0.357 e. The van der Waals surface area contributed by atoms with Crippen LogP contribution in [0.25, 0.3) is 11.4 Å². The van der Waals surface area contributed by atoms with Crippen LogP contribution in [0.5, 0.6) is 0 Å². The molecule has 2 aromatic rings. The number of hydrogen-bond acceptors (Lipinski definition) is 5. The van der Waals surface area contributed by atoms with E-state index in [1.807, 2.05) is 19.1 Å². The molecule has 3 N–H and O–H groups in total. The number of nitrogens with zero attached hydrogens (tertiary/aromatic N) is 3. The standard InChI is InChI=1S/C18H23ClN6O2/c1-2-20-18(22-9-8-21-17(26)12-6-7-12)23-11-15-24-16(25-27-15)13-4-3-5-14(19)10-13/h3-5,10,12H,2,6-9,11H2,1H3,(H,21,26)(H2,20,22,23). The summed E-state index contributed by atoms with van der Waals surface area (Å²) in [5, 5.41) is 13.8. The van der Waals surface area contributed by atoms with Crippen LogP contribution < -0.4 is 16.0 Å². The normalized spacial score (nSPS) is 14.1. The Morgan fingerprint density at radius 3 is 2.85 bits per heavy atom. The van der Waals surface area contributed by atoms with Crippen LogP contribution in [0.1, 0.15) is 25.7 Å². The Balaban J connectivity index is 1.51. The molecule has 1 heterocycles. The lowest BCUT2D eigenvalue weighted by molar-refractivity contribution is -0.122. The van der Waals surface area contributed by atoms with Crippen molar-refractivity contribution in [2.45, 2.75) is 26.3 Å². The summed E-state index contributed by atoms with van der Waals surface area (Å²) in [6, 6.07) is 7.27. The molecular formula is C18H23ClN6O2. The number of guanidine groups is 1. The van der Waals surface area contributed by atoms with E-state index in [1.54, 1.807) is 12.1 Å². The van der Waals surface area contributed by atoms with Gasteiger partial charge >= 0.3 is 0 Å². The molecule has 144 valence electrons. The van der Waals surface area contributed by atoms with Gasteiger partial charge in [0, 0.05) is 36.1 Å². The first-order valence-electron chi connectivity index (χ1n) is 9.04. The highest BCUT2D eigenvalue weighted by molar-refractivity contribution is 6.30. The molecule has 0 radical (unpaired) electrons. The Kier molecular flexibility index (Phi) is 6.64. The van der Waals surface area contributed by atoms with Gasteiger partial charge in [-0.1, -0.05) is 28.9 Å². The molecule has 0 bridgehead atoms. The molecule has 1 aromatic heterocycles. The predicted octanol–water partition coefficient (Wildman–Crippen LogP) is 1.97. The van der Waals surface area contributed by atoms with Crippen molar-refractivity contribution in [3.8, 4) is 11.4 Å². The number of aliphatic imine (C=N–C) groups is 1. The highest BCUT2D eigenvalue weighted by Crippen LogP contribution is 2.28. The number of carbonyl (C=O) groups is 1. The molecule has 1 amide bonds. The zero-order valence-corrected chi connectivity index (χ0v) is 15.9. The zero-order chi connectivity index (χ0) is 19.1. The maximum atomic E-state index is 11.6. The van der Waals surface area contributed by atoms with Crippen LogP contribution in [0.15, 0.2) is 33.8 Å². The number of amides is 1. The van der Waals surface area contributed by atoms with Crippen LogP contribution in [0.2, 0.25) is 5.02 Å².